The predicted octanol–water partition coefficient (Wildman–Crippen LogP) is 1.03. The summed E-state index contributed by atoms with van der Waals surface area (Å²) in [6, 6.07) is 7.67. The molecule has 0 unspecified atom stereocenters. The summed E-state index contributed by atoms with van der Waals surface area (Å²) in [4.78, 5) is 37.7. The summed E-state index contributed by atoms with van der Waals surface area (Å²) in [7, 11) is 3.10. The number of nitrogens with one attached hydrogen (secondary N) is 3. The molecule has 0 heterocycles. The van der Waals surface area contributed by atoms with Crippen molar-refractivity contribution in [2.75, 3.05) is 20.6 Å². The molecule has 24 heavy (non-hydrogen) atoms. The summed E-state index contributed by atoms with van der Waals surface area (Å²) in [6.45, 7) is 5.69. The van der Waals surface area contributed by atoms with Gasteiger partial charge in [-0.25, -0.2) is 4.79 Å². The highest BCUT2D eigenvalue weighted by Crippen LogP contribution is 2.19. The summed E-state index contributed by atoms with van der Waals surface area (Å²) < 4.78 is 0. The van der Waals surface area contributed by atoms with Gasteiger partial charge in [0.2, 0.25) is 11.8 Å². The topological polar surface area (TPSA) is 90.5 Å². The lowest BCUT2D eigenvalue weighted by Crippen LogP contribution is -2.49. The molecule has 0 aliphatic rings. The highest BCUT2D eigenvalue weighted by Gasteiger charge is 2.28. The van der Waals surface area contributed by atoms with Crippen molar-refractivity contribution in [3.8, 4) is 0 Å². The Bertz CT molecular complexity index is 581. The fourth-order valence-electron chi connectivity index (χ4n) is 2.26. The van der Waals surface area contributed by atoms with Crippen molar-refractivity contribution in [1.29, 1.82) is 0 Å². The second-order valence-electron chi connectivity index (χ2n) is 6.59. The molecule has 1 aromatic carbocycles. The maximum absolute atomic E-state index is 12.5. The maximum atomic E-state index is 12.5. The number of hydrogen-bond acceptors (Lipinski definition) is 4. The lowest BCUT2D eigenvalue weighted by atomic mass is 10.0. The molecular weight excluding hydrogens is 308 g/mol. The molecule has 0 radical (unpaired) electrons. The van der Waals surface area contributed by atoms with E-state index in [0.717, 1.165) is 0 Å². The van der Waals surface area contributed by atoms with E-state index in [0.29, 0.717) is 5.56 Å². The van der Waals surface area contributed by atoms with Gasteiger partial charge in [-0.15, -0.1) is 0 Å². The normalized spacial score (nSPS) is 12.4. The Kier molecular flexibility index (Phi) is 6.91. The fourth-order valence-corrected chi connectivity index (χ4v) is 2.26. The number of carbonyl (C=O) groups excluding carboxylic acids is 3. The molecular formula is C17H26N4O3. The first kappa shape index (κ1) is 19.6. The van der Waals surface area contributed by atoms with E-state index in [1.165, 1.54) is 7.05 Å². The smallest absolute Gasteiger partial charge is 0.321 e. The van der Waals surface area contributed by atoms with Crippen LogP contribution in [0.2, 0.25) is 0 Å². The van der Waals surface area contributed by atoms with Gasteiger partial charge in [0, 0.05) is 12.6 Å². The van der Waals surface area contributed by atoms with E-state index in [1.54, 1.807) is 36.2 Å². The van der Waals surface area contributed by atoms with Gasteiger partial charge in [0.05, 0.1) is 6.54 Å². The average Bonchev–Trinajstić information content (AvgIpc) is 2.46. The molecule has 4 amide bonds. The van der Waals surface area contributed by atoms with Crippen LogP contribution in [0.4, 0.5) is 4.79 Å². The highest BCUT2D eigenvalue weighted by molar-refractivity contribution is 5.97. The minimum atomic E-state index is -0.755. The first-order valence-corrected chi connectivity index (χ1v) is 7.73. The van der Waals surface area contributed by atoms with Crippen LogP contribution in [0.1, 0.15) is 32.4 Å². The van der Waals surface area contributed by atoms with Gasteiger partial charge in [0.25, 0.3) is 0 Å². The molecule has 132 valence electrons. The van der Waals surface area contributed by atoms with Gasteiger partial charge in [-0.1, -0.05) is 30.3 Å². The number of likely N-dealkylation sites (N-methyl/N-ethyl adjacent to an activating group) is 1. The van der Waals surface area contributed by atoms with Crippen molar-refractivity contribution in [3.63, 3.8) is 0 Å². The SMILES string of the molecule is CNC(=O)NC(=O)[C@@H](c1ccccc1)N(C)CC(=O)NC(C)(C)C. The Morgan fingerprint density at radius 2 is 1.71 bits per heavy atom. The van der Waals surface area contributed by atoms with E-state index in [2.05, 4.69) is 16.0 Å². The summed E-state index contributed by atoms with van der Waals surface area (Å²) in [5.41, 5.74) is 0.342. The zero-order chi connectivity index (χ0) is 18.3. The standard InChI is InChI=1S/C17H26N4O3/c1-17(2,3)20-13(22)11-21(5)14(12-9-7-6-8-10-12)15(23)19-16(24)18-4/h6-10,14H,11H2,1-5H3,(H,20,22)(H2,18,19,23,24)/t14-/m1/s1. The van der Waals surface area contributed by atoms with Crippen molar-refractivity contribution in [3.05, 3.63) is 35.9 Å². The summed E-state index contributed by atoms with van der Waals surface area (Å²) in [5, 5.41) is 7.47. The zero-order valence-electron chi connectivity index (χ0n) is 14.8. The van der Waals surface area contributed by atoms with E-state index < -0.39 is 18.0 Å². The molecule has 1 rings (SSSR count). The first-order chi connectivity index (χ1) is 11.1. The van der Waals surface area contributed by atoms with E-state index >= 15 is 0 Å². The number of nitrogens with zero attached hydrogens (tertiary/aromatic N) is 1. The second-order valence-corrected chi connectivity index (χ2v) is 6.59. The Hall–Kier alpha value is -2.41. The van der Waals surface area contributed by atoms with Crippen LogP contribution in [0.25, 0.3) is 0 Å². The Morgan fingerprint density at radius 1 is 1.12 bits per heavy atom. The Balaban J connectivity index is 2.94. The number of carbonyl (C=O) groups is 3. The minimum Gasteiger partial charge on any atom is -0.350 e. The average molecular weight is 334 g/mol. The van der Waals surface area contributed by atoms with E-state index in [4.69, 9.17) is 0 Å². The summed E-state index contributed by atoms with van der Waals surface area (Å²) >= 11 is 0. The molecule has 0 saturated heterocycles. The van der Waals surface area contributed by atoms with Crippen molar-refractivity contribution >= 4 is 17.8 Å². The van der Waals surface area contributed by atoms with Gasteiger partial charge in [-0.3, -0.25) is 19.8 Å². The fraction of sp³-hybridized carbons (Fsp3) is 0.471. The molecule has 1 atom stereocenters. The zero-order valence-corrected chi connectivity index (χ0v) is 14.8. The lowest BCUT2D eigenvalue weighted by molar-refractivity contribution is -0.128. The number of hydrogen-bond donors (Lipinski definition) is 3. The maximum Gasteiger partial charge on any atom is 0.321 e. The van der Waals surface area contributed by atoms with E-state index in [9.17, 15) is 14.4 Å². The van der Waals surface area contributed by atoms with Crippen molar-refractivity contribution in [2.24, 2.45) is 0 Å². The predicted molar refractivity (Wildman–Crippen MR) is 92.3 cm³/mol. The molecule has 0 saturated carbocycles. The van der Waals surface area contributed by atoms with Crippen LogP contribution >= 0.6 is 0 Å². The van der Waals surface area contributed by atoms with Crippen LogP contribution in [-0.2, 0) is 9.59 Å². The van der Waals surface area contributed by atoms with Crippen molar-refractivity contribution in [1.82, 2.24) is 20.9 Å². The van der Waals surface area contributed by atoms with Crippen LogP contribution in [0, 0.1) is 0 Å². The molecule has 7 nitrogen and oxygen atoms in total. The van der Waals surface area contributed by atoms with Crippen LogP contribution in [0.5, 0.6) is 0 Å². The van der Waals surface area contributed by atoms with Gasteiger partial charge in [-0.2, -0.15) is 0 Å². The molecule has 0 fully saturated rings. The largest absolute Gasteiger partial charge is 0.350 e. The summed E-state index contributed by atoms with van der Waals surface area (Å²) in [6.07, 6.45) is 0. The second kappa shape index (κ2) is 8.44. The number of amides is 4. The van der Waals surface area contributed by atoms with Gasteiger partial charge >= 0.3 is 6.03 Å². The summed E-state index contributed by atoms with van der Waals surface area (Å²) in [5.74, 6) is -0.690. The van der Waals surface area contributed by atoms with Gasteiger partial charge in [0.15, 0.2) is 0 Å². The van der Waals surface area contributed by atoms with Crippen molar-refractivity contribution in [2.45, 2.75) is 32.4 Å². The van der Waals surface area contributed by atoms with Crippen molar-refractivity contribution < 1.29 is 14.4 Å². The first-order valence-electron chi connectivity index (χ1n) is 7.73. The lowest BCUT2D eigenvalue weighted by Gasteiger charge is -2.28. The Labute approximate surface area is 142 Å². The van der Waals surface area contributed by atoms with Gasteiger partial charge in [-0.05, 0) is 33.4 Å². The highest BCUT2D eigenvalue weighted by atomic mass is 16.2. The number of rotatable bonds is 5. The molecule has 0 aliphatic carbocycles. The van der Waals surface area contributed by atoms with Crippen LogP contribution in [0.15, 0.2) is 30.3 Å². The Morgan fingerprint density at radius 3 is 2.21 bits per heavy atom. The molecule has 0 spiro atoms. The van der Waals surface area contributed by atoms with E-state index in [-0.39, 0.29) is 18.0 Å². The van der Waals surface area contributed by atoms with Gasteiger partial charge in [0.1, 0.15) is 6.04 Å². The number of imide groups is 1. The third-order valence-corrected chi connectivity index (χ3v) is 3.18. The number of benzene rings is 1. The van der Waals surface area contributed by atoms with Crippen LogP contribution in [-0.4, -0.2) is 48.9 Å². The van der Waals surface area contributed by atoms with Gasteiger partial charge < -0.3 is 10.6 Å². The molecule has 0 aromatic heterocycles. The molecule has 0 aliphatic heterocycles. The quantitative estimate of drug-likeness (QED) is 0.750. The molecule has 1 aromatic rings. The molecule has 0 bridgehead atoms. The third-order valence-electron chi connectivity index (χ3n) is 3.18. The minimum absolute atomic E-state index is 0.0258. The van der Waals surface area contributed by atoms with Crippen LogP contribution in [0.3, 0.4) is 0 Å². The monoisotopic (exact) mass is 334 g/mol. The molecule has 7 heteroatoms. The van der Waals surface area contributed by atoms with Crippen LogP contribution < -0.4 is 16.0 Å². The molecule has 3 N–H and O–H groups in total. The van der Waals surface area contributed by atoms with E-state index in [1.807, 2.05) is 26.8 Å². The third kappa shape index (κ3) is 6.37. The number of urea groups is 1.